The van der Waals surface area contributed by atoms with Gasteiger partial charge >= 0.3 is 5.97 Å². The highest BCUT2D eigenvalue weighted by atomic mass is 16.5. The fourth-order valence-electron chi connectivity index (χ4n) is 4.08. The lowest BCUT2D eigenvalue weighted by Gasteiger charge is -2.24. The van der Waals surface area contributed by atoms with Gasteiger partial charge in [-0.2, -0.15) is 0 Å². The molecule has 1 N–H and O–H groups in total. The Bertz CT molecular complexity index is 1210. The number of benzene rings is 3. The average Bonchev–Trinajstić information content (AvgIpc) is 3.67. The Hall–Kier alpha value is -3.80. The predicted octanol–water partition coefficient (Wildman–Crippen LogP) is 6.19. The molecular formula is C30H33NO5. The lowest BCUT2D eigenvalue weighted by molar-refractivity contribution is -0.137. The van der Waals surface area contributed by atoms with Gasteiger partial charge in [0.05, 0.1) is 15.1 Å². The van der Waals surface area contributed by atoms with Gasteiger partial charge in [0.1, 0.15) is 11.5 Å². The van der Waals surface area contributed by atoms with E-state index in [-0.39, 0.29) is 18.9 Å². The zero-order valence-electron chi connectivity index (χ0n) is 21.6. The lowest BCUT2D eigenvalue weighted by Crippen LogP contribution is -2.32. The quantitative estimate of drug-likeness (QED) is 0.290. The minimum Gasteiger partial charge on any atom is -0.497 e. The number of hydrogen-bond donors (Lipinski definition) is 1. The first kappa shape index (κ1) is 23.9. The molecular weight excluding hydrogens is 454 g/mol. The number of aliphatic carboxylic acids is 1. The molecule has 6 heteroatoms. The summed E-state index contributed by atoms with van der Waals surface area (Å²) in [5.41, 5.74) is 3.44. The Morgan fingerprint density at radius 3 is 2.25 bits per heavy atom. The standard InChI is InChI=1S/C30H33NO5/c1-35-27-18-14-23(15-19-27)22-10-12-24(13-11-22)30(34)31(26-16-17-26)21-25-7-4-5-8-28(25)36-20-6-2-3-9-29(32)33/h4-5,7-8,10-15,18-19,26H,2-3,6,9,16-17,20-21H2,1H3,(H,32,33)/i26D. The predicted molar refractivity (Wildman–Crippen MR) is 139 cm³/mol. The molecule has 1 amide bonds. The largest absolute Gasteiger partial charge is 0.497 e. The second-order valence-electron chi connectivity index (χ2n) is 8.92. The first-order chi connectivity index (χ1) is 17.9. The van der Waals surface area contributed by atoms with Crippen molar-refractivity contribution in [2.45, 2.75) is 51.1 Å². The normalized spacial score (nSPS) is 14.0. The molecule has 0 radical (unpaired) electrons. The van der Waals surface area contributed by atoms with Crippen LogP contribution in [0.15, 0.2) is 72.8 Å². The number of carbonyl (C=O) groups excluding carboxylic acids is 1. The summed E-state index contributed by atoms with van der Waals surface area (Å²) in [6.07, 6.45) is 3.63. The smallest absolute Gasteiger partial charge is 0.303 e. The molecule has 0 aromatic heterocycles. The van der Waals surface area contributed by atoms with E-state index < -0.39 is 12.0 Å². The van der Waals surface area contributed by atoms with Crippen molar-refractivity contribution >= 4 is 11.9 Å². The number of carbonyl (C=O) groups is 2. The van der Waals surface area contributed by atoms with Gasteiger partial charge in [-0.15, -0.1) is 0 Å². The van der Waals surface area contributed by atoms with Crippen LogP contribution in [0.25, 0.3) is 11.1 Å². The van der Waals surface area contributed by atoms with E-state index in [1.807, 2.05) is 72.8 Å². The van der Waals surface area contributed by atoms with Crippen molar-refractivity contribution < 1.29 is 25.5 Å². The minimum atomic E-state index is -0.907. The van der Waals surface area contributed by atoms with E-state index in [0.717, 1.165) is 35.3 Å². The van der Waals surface area contributed by atoms with Crippen LogP contribution < -0.4 is 9.47 Å². The summed E-state index contributed by atoms with van der Waals surface area (Å²) in [7, 11) is 1.63. The zero-order chi connectivity index (χ0) is 26.3. The van der Waals surface area contributed by atoms with Crippen LogP contribution in [0.4, 0.5) is 0 Å². The van der Waals surface area contributed by atoms with E-state index in [9.17, 15) is 9.59 Å². The Balaban J connectivity index is 1.44. The molecule has 0 atom stereocenters. The number of methoxy groups -OCH3 is 1. The van der Waals surface area contributed by atoms with Crippen molar-refractivity contribution in [1.82, 2.24) is 4.90 Å². The number of unbranched alkanes of at least 4 members (excludes halogenated alkanes) is 2. The molecule has 0 saturated heterocycles. The fraction of sp³-hybridized carbons (Fsp3) is 0.333. The van der Waals surface area contributed by atoms with E-state index in [4.69, 9.17) is 16.0 Å². The second-order valence-corrected chi connectivity index (χ2v) is 8.92. The molecule has 4 rings (SSSR count). The van der Waals surface area contributed by atoms with E-state index in [0.29, 0.717) is 37.2 Å². The minimum absolute atomic E-state index is 0.167. The molecule has 0 aliphatic heterocycles. The van der Waals surface area contributed by atoms with Crippen molar-refractivity contribution in [2.24, 2.45) is 0 Å². The third kappa shape index (κ3) is 6.87. The van der Waals surface area contributed by atoms with Crippen LogP contribution in [0.1, 0.15) is 55.8 Å². The maximum atomic E-state index is 13.6. The monoisotopic (exact) mass is 488 g/mol. The van der Waals surface area contributed by atoms with Gasteiger partial charge in [-0.1, -0.05) is 42.5 Å². The van der Waals surface area contributed by atoms with E-state index >= 15 is 0 Å². The Labute approximate surface area is 213 Å². The number of ether oxygens (including phenoxy) is 2. The van der Waals surface area contributed by atoms with Crippen LogP contribution >= 0.6 is 0 Å². The van der Waals surface area contributed by atoms with Gasteiger partial charge in [-0.05, 0) is 73.6 Å². The highest BCUT2D eigenvalue weighted by molar-refractivity contribution is 5.95. The molecule has 0 unspecified atom stereocenters. The third-order valence-electron chi connectivity index (χ3n) is 6.25. The van der Waals surface area contributed by atoms with E-state index in [2.05, 4.69) is 0 Å². The highest BCUT2D eigenvalue weighted by Gasteiger charge is 2.33. The van der Waals surface area contributed by atoms with Crippen molar-refractivity contribution in [1.29, 1.82) is 0 Å². The van der Waals surface area contributed by atoms with Gasteiger partial charge in [0.15, 0.2) is 0 Å². The average molecular weight is 489 g/mol. The molecule has 1 aliphatic rings. The van der Waals surface area contributed by atoms with Gasteiger partial charge in [0, 0.05) is 30.1 Å². The first-order valence-corrected chi connectivity index (χ1v) is 12.4. The van der Waals surface area contributed by atoms with Crippen LogP contribution in [0.2, 0.25) is 0 Å². The summed E-state index contributed by atoms with van der Waals surface area (Å²) in [4.78, 5) is 25.9. The molecule has 6 nitrogen and oxygen atoms in total. The maximum Gasteiger partial charge on any atom is 0.303 e. The van der Waals surface area contributed by atoms with Crippen molar-refractivity contribution in [3.8, 4) is 22.6 Å². The summed E-state index contributed by atoms with van der Waals surface area (Å²) in [6, 6.07) is 22.0. The molecule has 0 bridgehead atoms. The number of rotatable bonds is 13. The molecule has 3 aromatic rings. The van der Waals surface area contributed by atoms with Crippen molar-refractivity contribution in [2.75, 3.05) is 13.7 Å². The third-order valence-corrected chi connectivity index (χ3v) is 6.25. The van der Waals surface area contributed by atoms with Crippen LogP contribution in [-0.4, -0.2) is 41.6 Å². The first-order valence-electron chi connectivity index (χ1n) is 12.9. The van der Waals surface area contributed by atoms with Crippen LogP contribution in [0.3, 0.4) is 0 Å². The number of hydrogen-bond acceptors (Lipinski definition) is 4. The van der Waals surface area contributed by atoms with Gasteiger partial charge in [-0.3, -0.25) is 9.59 Å². The van der Waals surface area contributed by atoms with Gasteiger partial charge < -0.3 is 19.5 Å². The van der Waals surface area contributed by atoms with Gasteiger partial charge in [0.2, 0.25) is 0 Å². The van der Waals surface area contributed by atoms with Crippen LogP contribution in [-0.2, 0) is 11.3 Å². The molecule has 1 fully saturated rings. The van der Waals surface area contributed by atoms with E-state index in [1.165, 1.54) is 0 Å². The summed E-state index contributed by atoms with van der Waals surface area (Å²) in [5, 5.41) is 8.77. The summed E-state index contributed by atoms with van der Waals surface area (Å²) >= 11 is 0. The van der Waals surface area contributed by atoms with Crippen molar-refractivity contribution in [3.63, 3.8) is 0 Å². The fourth-order valence-corrected chi connectivity index (χ4v) is 4.08. The highest BCUT2D eigenvalue weighted by Crippen LogP contribution is 2.32. The van der Waals surface area contributed by atoms with Crippen LogP contribution in [0, 0.1) is 0 Å². The number of amides is 1. The van der Waals surface area contributed by atoms with E-state index in [1.54, 1.807) is 12.0 Å². The van der Waals surface area contributed by atoms with Crippen LogP contribution in [0.5, 0.6) is 11.5 Å². The lowest BCUT2D eigenvalue weighted by atomic mass is 10.0. The molecule has 1 aliphatic carbocycles. The van der Waals surface area contributed by atoms with Crippen molar-refractivity contribution in [3.05, 3.63) is 83.9 Å². The van der Waals surface area contributed by atoms with Gasteiger partial charge in [0.25, 0.3) is 5.91 Å². The molecule has 188 valence electrons. The molecule has 1 saturated carbocycles. The number of para-hydroxylation sites is 1. The number of carboxylic acids is 1. The topological polar surface area (TPSA) is 76.1 Å². The Morgan fingerprint density at radius 2 is 1.61 bits per heavy atom. The summed E-state index contributed by atoms with van der Waals surface area (Å²) < 4.78 is 20.0. The SMILES string of the molecule is [2H]C1(N(Cc2ccccc2OCCCCCC(=O)O)C(=O)c2ccc(-c3ccc(OC)cc3)cc2)CC1. The Kier molecular flexibility index (Phi) is 8.14. The number of nitrogens with zero attached hydrogens (tertiary/aromatic N) is 1. The second kappa shape index (κ2) is 12.2. The zero-order valence-corrected chi connectivity index (χ0v) is 20.6. The molecule has 0 spiro atoms. The summed E-state index contributed by atoms with van der Waals surface area (Å²) in [6.45, 7) is 0.765. The molecule has 3 aromatic carbocycles. The number of carboxylic acid groups (broad SMARTS) is 1. The summed E-state index contributed by atoms with van der Waals surface area (Å²) in [5.74, 6) is 0.532. The molecule has 36 heavy (non-hydrogen) atoms. The Morgan fingerprint density at radius 1 is 0.944 bits per heavy atom. The van der Waals surface area contributed by atoms with Gasteiger partial charge in [-0.25, -0.2) is 0 Å². The molecule has 0 heterocycles. The maximum absolute atomic E-state index is 13.6.